The number of carbonyl (C=O) groups is 1. The van der Waals surface area contributed by atoms with Crippen LogP contribution in [0.4, 0.5) is 5.69 Å². The largest absolute Gasteiger partial charge is 0.368 e. The van der Waals surface area contributed by atoms with Gasteiger partial charge in [-0.15, -0.1) is 0 Å². The van der Waals surface area contributed by atoms with Crippen molar-refractivity contribution in [3.05, 3.63) is 65.7 Å². The van der Waals surface area contributed by atoms with Crippen molar-refractivity contribution in [1.82, 2.24) is 4.90 Å². The Morgan fingerprint density at radius 3 is 2.44 bits per heavy atom. The van der Waals surface area contributed by atoms with E-state index in [1.165, 1.54) is 29.7 Å². The van der Waals surface area contributed by atoms with Crippen molar-refractivity contribution < 1.29 is 4.79 Å². The number of carbonyl (C=O) groups excluding carboxylic acids is 1. The van der Waals surface area contributed by atoms with Gasteiger partial charge in [0.1, 0.15) is 0 Å². The van der Waals surface area contributed by atoms with E-state index in [9.17, 15) is 4.79 Å². The van der Waals surface area contributed by atoms with Crippen LogP contribution in [0.3, 0.4) is 0 Å². The summed E-state index contributed by atoms with van der Waals surface area (Å²) in [6.07, 6.45) is 4.05. The van der Waals surface area contributed by atoms with E-state index in [1.54, 1.807) is 0 Å². The van der Waals surface area contributed by atoms with Crippen LogP contribution >= 0.6 is 0 Å². The Bertz CT molecular complexity index is 720. The maximum absolute atomic E-state index is 12.6. The minimum absolute atomic E-state index is 0.331. The van der Waals surface area contributed by atoms with Crippen molar-refractivity contribution in [2.24, 2.45) is 0 Å². The van der Waals surface area contributed by atoms with Crippen molar-refractivity contribution in [2.45, 2.75) is 31.6 Å². The van der Waals surface area contributed by atoms with Gasteiger partial charge >= 0.3 is 0 Å². The van der Waals surface area contributed by atoms with E-state index >= 15 is 0 Å². The third-order valence-corrected chi connectivity index (χ3v) is 5.72. The van der Waals surface area contributed by atoms with Crippen molar-refractivity contribution >= 4 is 11.6 Å². The Hall–Kier alpha value is -2.29. The molecule has 1 fully saturated rings. The molecule has 1 amide bonds. The zero-order chi connectivity index (χ0) is 17.1. The molecule has 1 aliphatic heterocycles. The predicted molar refractivity (Wildman–Crippen MR) is 102 cm³/mol. The molecule has 1 saturated heterocycles. The van der Waals surface area contributed by atoms with Gasteiger partial charge in [0.15, 0.2) is 0 Å². The number of amides is 1. The summed E-state index contributed by atoms with van der Waals surface area (Å²) in [5.41, 5.74) is 4.22. The average molecular weight is 334 g/mol. The van der Waals surface area contributed by atoms with Crippen molar-refractivity contribution in [1.29, 1.82) is 0 Å². The van der Waals surface area contributed by atoms with Crippen LogP contribution in [-0.2, 0) is 11.2 Å². The van der Waals surface area contributed by atoms with Gasteiger partial charge in [-0.2, -0.15) is 0 Å². The minimum Gasteiger partial charge on any atom is -0.368 e. The van der Waals surface area contributed by atoms with E-state index in [1.807, 2.05) is 6.07 Å². The quantitative estimate of drug-likeness (QED) is 0.848. The minimum atomic E-state index is 0.331. The second kappa shape index (κ2) is 7.30. The van der Waals surface area contributed by atoms with Crippen LogP contribution in [0, 0.1) is 0 Å². The lowest BCUT2D eigenvalue weighted by Crippen LogP contribution is -2.48. The highest BCUT2D eigenvalue weighted by Gasteiger charge is 2.25. The topological polar surface area (TPSA) is 23.6 Å². The molecular weight excluding hydrogens is 308 g/mol. The molecule has 3 heteroatoms. The molecule has 0 radical (unpaired) electrons. The molecule has 0 N–H and O–H groups in total. The first-order valence-corrected chi connectivity index (χ1v) is 9.47. The molecule has 1 aliphatic carbocycles. The average Bonchev–Trinajstić information content (AvgIpc) is 3.10. The van der Waals surface area contributed by atoms with Gasteiger partial charge in [0.05, 0.1) is 0 Å². The Balaban J connectivity index is 1.27. The van der Waals surface area contributed by atoms with Gasteiger partial charge in [0.2, 0.25) is 5.91 Å². The van der Waals surface area contributed by atoms with E-state index in [-0.39, 0.29) is 0 Å². The zero-order valence-corrected chi connectivity index (χ0v) is 14.7. The van der Waals surface area contributed by atoms with Crippen molar-refractivity contribution in [3.8, 4) is 0 Å². The fourth-order valence-electron chi connectivity index (χ4n) is 4.25. The zero-order valence-electron chi connectivity index (χ0n) is 14.7. The number of fused-ring (bicyclic) bond motifs is 1. The van der Waals surface area contributed by atoms with Crippen LogP contribution in [0.15, 0.2) is 54.6 Å². The third kappa shape index (κ3) is 3.55. The van der Waals surface area contributed by atoms with E-state index < -0.39 is 0 Å². The van der Waals surface area contributed by atoms with Crippen LogP contribution in [0.25, 0.3) is 0 Å². The van der Waals surface area contributed by atoms with Crippen molar-refractivity contribution in [2.75, 3.05) is 31.1 Å². The summed E-state index contributed by atoms with van der Waals surface area (Å²) >= 11 is 0. The predicted octanol–water partition coefficient (Wildman–Crippen LogP) is 3.85. The summed E-state index contributed by atoms with van der Waals surface area (Å²) in [5.74, 6) is 0.905. The van der Waals surface area contributed by atoms with Crippen molar-refractivity contribution in [3.63, 3.8) is 0 Å². The van der Waals surface area contributed by atoms with Crippen LogP contribution in [0.5, 0.6) is 0 Å². The van der Waals surface area contributed by atoms with Crippen LogP contribution < -0.4 is 4.90 Å². The van der Waals surface area contributed by atoms with Crippen LogP contribution in [0.1, 0.15) is 36.3 Å². The van der Waals surface area contributed by atoms with Gasteiger partial charge in [-0.25, -0.2) is 0 Å². The second-order valence-electron chi connectivity index (χ2n) is 7.18. The summed E-state index contributed by atoms with van der Waals surface area (Å²) in [4.78, 5) is 17.0. The molecule has 0 spiro atoms. The highest BCUT2D eigenvalue weighted by Crippen LogP contribution is 2.36. The number of benzene rings is 2. The van der Waals surface area contributed by atoms with E-state index in [4.69, 9.17) is 0 Å². The fraction of sp³-hybridized carbons (Fsp3) is 0.409. The Kier molecular flexibility index (Phi) is 4.73. The molecule has 2 aromatic rings. The summed E-state index contributed by atoms with van der Waals surface area (Å²) in [6.45, 7) is 3.55. The van der Waals surface area contributed by atoms with Gasteiger partial charge < -0.3 is 9.80 Å². The monoisotopic (exact) mass is 334 g/mol. The maximum Gasteiger partial charge on any atom is 0.222 e. The normalized spacial score (nSPS) is 19.8. The fourth-order valence-corrected chi connectivity index (χ4v) is 4.25. The molecule has 0 aromatic heterocycles. The second-order valence-corrected chi connectivity index (χ2v) is 7.18. The molecule has 1 atom stereocenters. The summed E-state index contributed by atoms with van der Waals surface area (Å²) in [6, 6.07) is 19.2. The number of hydrogen-bond acceptors (Lipinski definition) is 2. The molecule has 3 nitrogen and oxygen atoms in total. The highest BCUT2D eigenvalue weighted by molar-refractivity contribution is 5.76. The van der Waals surface area contributed by atoms with Gasteiger partial charge in [-0.1, -0.05) is 42.5 Å². The van der Waals surface area contributed by atoms with E-state index in [2.05, 4.69) is 58.3 Å². The molecular formula is C22H26N2O. The number of aryl methyl sites for hydroxylation is 1. The lowest BCUT2D eigenvalue weighted by molar-refractivity contribution is -0.131. The van der Waals surface area contributed by atoms with Gasteiger partial charge in [-0.05, 0) is 48.4 Å². The number of hydrogen-bond donors (Lipinski definition) is 0. The van der Waals surface area contributed by atoms with Gasteiger partial charge in [-0.3, -0.25) is 4.79 Å². The Morgan fingerprint density at radius 1 is 0.920 bits per heavy atom. The molecule has 0 bridgehead atoms. The number of piperazine rings is 1. The number of rotatable bonds is 4. The first kappa shape index (κ1) is 16.2. The SMILES string of the molecule is O=C(CCC1CCc2ccccc21)N1CCN(c2ccccc2)CC1. The smallest absolute Gasteiger partial charge is 0.222 e. The van der Waals surface area contributed by atoms with Gasteiger partial charge in [0.25, 0.3) is 0 Å². The first-order chi connectivity index (χ1) is 12.3. The highest BCUT2D eigenvalue weighted by atomic mass is 16.2. The van der Waals surface area contributed by atoms with Gasteiger partial charge in [0, 0.05) is 38.3 Å². The van der Waals surface area contributed by atoms with E-state index in [0.29, 0.717) is 18.2 Å². The molecule has 2 aromatic carbocycles. The maximum atomic E-state index is 12.6. The first-order valence-electron chi connectivity index (χ1n) is 9.47. The Labute approximate surface area is 150 Å². The lowest BCUT2D eigenvalue weighted by atomic mass is 9.96. The van der Waals surface area contributed by atoms with Crippen LogP contribution in [-0.4, -0.2) is 37.0 Å². The molecule has 1 heterocycles. The number of nitrogens with zero attached hydrogens (tertiary/aromatic N) is 2. The third-order valence-electron chi connectivity index (χ3n) is 5.72. The standard InChI is InChI=1S/C22H26N2O/c25-22(13-12-19-11-10-18-6-4-5-9-21(18)19)24-16-14-23(15-17-24)20-7-2-1-3-8-20/h1-9,19H,10-17H2. The molecule has 4 rings (SSSR count). The summed E-state index contributed by atoms with van der Waals surface area (Å²) in [7, 11) is 0. The molecule has 130 valence electrons. The number of para-hydroxylation sites is 1. The molecule has 25 heavy (non-hydrogen) atoms. The van der Waals surface area contributed by atoms with E-state index in [0.717, 1.165) is 32.6 Å². The van der Waals surface area contributed by atoms with Crippen LogP contribution in [0.2, 0.25) is 0 Å². The summed E-state index contributed by atoms with van der Waals surface area (Å²) < 4.78 is 0. The summed E-state index contributed by atoms with van der Waals surface area (Å²) in [5, 5.41) is 0. The molecule has 1 unspecified atom stereocenters. The molecule has 0 saturated carbocycles. The Morgan fingerprint density at radius 2 is 1.64 bits per heavy atom. The lowest BCUT2D eigenvalue weighted by Gasteiger charge is -2.36. The molecule has 2 aliphatic rings. The number of anilines is 1.